The number of para-hydroxylation sites is 1. The number of carbonyl (C=O) groups is 1. The molecule has 46 heavy (non-hydrogen) atoms. The standard InChI is InChI=1S/C32H21BrClN5O7/c1-44-26-7-4-8-27-23(26)15-28(46-27)31-37-24-6-3-2-5-22(24)32(41)38(31)35-16-18-13-19(33)14-25(39(42)43)30(18)45-17-29(40)36-21-11-9-20(34)10-12-21/h2-16H,17H2,1H3,(H,36,40). The Morgan fingerprint density at radius 2 is 1.89 bits per heavy atom. The Morgan fingerprint density at radius 3 is 2.65 bits per heavy atom. The van der Waals surface area contributed by atoms with Gasteiger partial charge in [0, 0.05) is 26.8 Å². The van der Waals surface area contributed by atoms with Crippen molar-refractivity contribution in [1.29, 1.82) is 0 Å². The summed E-state index contributed by atoms with van der Waals surface area (Å²) in [5, 5.41) is 20.5. The van der Waals surface area contributed by atoms with Crippen LogP contribution in [0, 0.1) is 10.1 Å². The minimum atomic E-state index is -0.647. The molecule has 6 aromatic rings. The molecule has 0 unspecified atom stereocenters. The quantitative estimate of drug-likeness (QED) is 0.0957. The van der Waals surface area contributed by atoms with Crippen molar-refractivity contribution in [2.75, 3.05) is 19.0 Å². The van der Waals surface area contributed by atoms with Crippen LogP contribution in [0.5, 0.6) is 11.5 Å². The van der Waals surface area contributed by atoms with Gasteiger partial charge in [0.2, 0.25) is 11.6 Å². The largest absolute Gasteiger partial charge is 0.496 e. The molecule has 1 N–H and O–H groups in total. The van der Waals surface area contributed by atoms with Gasteiger partial charge >= 0.3 is 5.69 Å². The van der Waals surface area contributed by atoms with Crippen molar-refractivity contribution >= 4 is 72.9 Å². The van der Waals surface area contributed by atoms with Gasteiger partial charge in [-0.25, -0.2) is 4.98 Å². The number of aromatic nitrogens is 2. The van der Waals surface area contributed by atoms with Crippen LogP contribution in [0.1, 0.15) is 5.56 Å². The zero-order valence-corrected chi connectivity index (χ0v) is 26.1. The second-order valence-electron chi connectivity index (χ2n) is 9.74. The maximum Gasteiger partial charge on any atom is 0.312 e. The Balaban J connectivity index is 1.42. The Hall–Kier alpha value is -5.53. The number of fused-ring (bicyclic) bond motifs is 2. The fraction of sp³-hybridized carbons (Fsp3) is 0.0625. The van der Waals surface area contributed by atoms with E-state index in [1.807, 2.05) is 0 Å². The minimum Gasteiger partial charge on any atom is -0.496 e. The summed E-state index contributed by atoms with van der Waals surface area (Å²) in [6.45, 7) is -0.560. The van der Waals surface area contributed by atoms with Crippen LogP contribution < -0.4 is 20.3 Å². The van der Waals surface area contributed by atoms with E-state index < -0.39 is 28.7 Å². The first-order valence-electron chi connectivity index (χ1n) is 13.5. The average Bonchev–Trinajstić information content (AvgIpc) is 3.49. The van der Waals surface area contributed by atoms with Crippen molar-refractivity contribution in [3.63, 3.8) is 0 Å². The fourth-order valence-corrected chi connectivity index (χ4v) is 5.28. The van der Waals surface area contributed by atoms with Crippen LogP contribution in [0.15, 0.2) is 104 Å². The molecule has 6 rings (SSSR count). The molecule has 1 amide bonds. The maximum absolute atomic E-state index is 13.8. The molecule has 2 aromatic heterocycles. The Labute approximate surface area is 273 Å². The van der Waals surface area contributed by atoms with Crippen molar-refractivity contribution in [2.24, 2.45) is 5.10 Å². The molecular weight excluding hydrogens is 682 g/mol. The summed E-state index contributed by atoms with van der Waals surface area (Å²) in [6.07, 6.45) is 1.22. The SMILES string of the molecule is COc1cccc2oc(-c3nc4ccccc4c(=O)n3N=Cc3cc(Br)cc([N+](=O)[O-])c3OCC(=O)Nc3ccc(Cl)cc3)cc12. The van der Waals surface area contributed by atoms with E-state index in [-0.39, 0.29) is 28.3 Å². The van der Waals surface area contributed by atoms with Crippen molar-refractivity contribution in [1.82, 2.24) is 9.66 Å². The molecule has 12 nitrogen and oxygen atoms in total. The van der Waals surface area contributed by atoms with E-state index in [0.717, 1.165) is 4.68 Å². The molecule has 0 aliphatic carbocycles. The third-order valence-electron chi connectivity index (χ3n) is 6.76. The number of hydrogen-bond acceptors (Lipinski definition) is 9. The maximum atomic E-state index is 13.8. The molecule has 2 heterocycles. The molecule has 0 saturated carbocycles. The van der Waals surface area contributed by atoms with Gasteiger partial charge in [0.05, 0.1) is 34.5 Å². The molecule has 4 aromatic carbocycles. The first-order chi connectivity index (χ1) is 22.2. The summed E-state index contributed by atoms with van der Waals surface area (Å²) >= 11 is 9.19. The molecule has 0 saturated heterocycles. The lowest BCUT2D eigenvalue weighted by atomic mass is 10.2. The van der Waals surface area contributed by atoms with E-state index in [9.17, 15) is 19.7 Å². The van der Waals surface area contributed by atoms with Gasteiger partial charge in [0.15, 0.2) is 12.4 Å². The van der Waals surface area contributed by atoms with E-state index >= 15 is 0 Å². The van der Waals surface area contributed by atoms with Gasteiger partial charge in [-0.2, -0.15) is 9.78 Å². The molecule has 0 atom stereocenters. The normalized spacial score (nSPS) is 11.3. The van der Waals surface area contributed by atoms with Crippen LogP contribution in [-0.4, -0.2) is 40.4 Å². The summed E-state index contributed by atoms with van der Waals surface area (Å²) in [5.41, 5.74) is 0.543. The lowest BCUT2D eigenvalue weighted by Crippen LogP contribution is -2.21. The number of rotatable bonds is 9. The highest BCUT2D eigenvalue weighted by Gasteiger charge is 2.23. The van der Waals surface area contributed by atoms with Crippen molar-refractivity contribution < 1.29 is 23.6 Å². The highest BCUT2D eigenvalue weighted by molar-refractivity contribution is 9.10. The van der Waals surface area contributed by atoms with E-state index in [2.05, 4.69) is 31.3 Å². The van der Waals surface area contributed by atoms with Gasteiger partial charge in [-0.05, 0) is 60.7 Å². The highest BCUT2D eigenvalue weighted by Crippen LogP contribution is 2.35. The monoisotopic (exact) mass is 701 g/mol. The Kier molecular flexibility index (Phi) is 8.51. The van der Waals surface area contributed by atoms with Gasteiger partial charge in [-0.3, -0.25) is 19.7 Å². The van der Waals surface area contributed by atoms with Gasteiger partial charge < -0.3 is 19.2 Å². The first kappa shape index (κ1) is 30.5. The number of amides is 1. The van der Waals surface area contributed by atoms with E-state index in [0.29, 0.717) is 37.4 Å². The molecule has 0 radical (unpaired) electrons. The van der Waals surface area contributed by atoms with Crippen molar-refractivity contribution in [3.05, 3.63) is 120 Å². The fourth-order valence-electron chi connectivity index (χ4n) is 4.69. The molecule has 0 fully saturated rings. The smallest absolute Gasteiger partial charge is 0.312 e. The summed E-state index contributed by atoms with van der Waals surface area (Å²) in [5.74, 6) is 0.0663. The van der Waals surface area contributed by atoms with Gasteiger partial charge in [-0.1, -0.05) is 45.7 Å². The number of benzene rings is 4. The minimum absolute atomic E-state index is 0.0764. The number of nitro groups is 1. The molecule has 0 spiro atoms. The Morgan fingerprint density at radius 1 is 1.11 bits per heavy atom. The number of nitrogens with zero attached hydrogens (tertiary/aromatic N) is 4. The zero-order chi connectivity index (χ0) is 32.4. The number of nitrogens with one attached hydrogen (secondary N) is 1. The zero-order valence-electron chi connectivity index (χ0n) is 23.8. The number of hydrogen-bond donors (Lipinski definition) is 1. The van der Waals surface area contributed by atoms with E-state index in [1.165, 1.54) is 25.5 Å². The summed E-state index contributed by atoms with van der Waals surface area (Å²) in [6, 6.07) is 22.9. The molecule has 230 valence electrons. The molecular formula is C32H21BrClN5O7. The molecule has 0 bridgehead atoms. The first-order valence-corrected chi connectivity index (χ1v) is 14.7. The summed E-state index contributed by atoms with van der Waals surface area (Å²) in [4.78, 5) is 42.4. The third-order valence-corrected chi connectivity index (χ3v) is 7.47. The van der Waals surface area contributed by atoms with Crippen LogP contribution >= 0.6 is 27.5 Å². The van der Waals surface area contributed by atoms with Crippen LogP contribution in [-0.2, 0) is 4.79 Å². The van der Waals surface area contributed by atoms with Crippen LogP contribution in [0.2, 0.25) is 5.02 Å². The molecule has 0 aliphatic rings. The van der Waals surface area contributed by atoms with E-state index in [1.54, 1.807) is 72.8 Å². The van der Waals surface area contributed by atoms with Gasteiger partial charge in [0.1, 0.15) is 11.3 Å². The molecule has 14 heteroatoms. The van der Waals surface area contributed by atoms with Crippen LogP contribution in [0.4, 0.5) is 11.4 Å². The van der Waals surface area contributed by atoms with Crippen LogP contribution in [0.3, 0.4) is 0 Å². The highest BCUT2D eigenvalue weighted by atomic mass is 79.9. The number of carbonyl (C=O) groups excluding carboxylic acids is 1. The van der Waals surface area contributed by atoms with Crippen LogP contribution in [0.25, 0.3) is 33.5 Å². The second kappa shape index (κ2) is 12.8. The van der Waals surface area contributed by atoms with Gasteiger partial charge in [-0.15, -0.1) is 0 Å². The Bertz CT molecular complexity index is 2230. The number of halogens is 2. The third kappa shape index (κ3) is 6.18. The summed E-state index contributed by atoms with van der Waals surface area (Å²) < 4.78 is 18.6. The lowest BCUT2D eigenvalue weighted by Gasteiger charge is -2.11. The average molecular weight is 703 g/mol. The number of ether oxygens (including phenoxy) is 2. The van der Waals surface area contributed by atoms with Gasteiger partial charge in [0.25, 0.3) is 11.5 Å². The van der Waals surface area contributed by atoms with Crippen molar-refractivity contribution in [2.45, 2.75) is 0 Å². The number of nitro benzene ring substituents is 1. The number of furan rings is 1. The lowest BCUT2D eigenvalue weighted by molar-refractivity contribution is -0.385. The second-order valence-corrected chi connectivity index (χ2v) is 11.1. The number of anilines is 1. The summed E-state index contributed by atoms with van der Waals surface area (Å²) in [7, 11) is 1.54. The predicted molar refractivity (Wildman–Crippen MR) is 177 cm³/mol. The van der Waals surface area contributed by atoms with Crippen molar-refractivity contribution in [3.8, 4) is 23.1 Å². The number of methoxy groups -OCH3 is 1. The van der Waals surface area contributed by atoms with E-state index in [4.69, 9.17) is 25.5 Å². The topological polar surface area (TPSA) is 151 Å². The molecule has 0 aliphatic heterocycles. The predicted octanol–water partition coefficient (Wildman–Crippen LogP) is 7.04.